The Morgan fingerprint density at radius 2 is 2.35 bits per heavy atom. The average molecular weight is 236 g/mol. The number of carboxylic acids is 1. The summed E-state index contributed by atoms with van der Waals surface area (Å²) in [4.78, 5) is 23.0. The summed E-state index contributed by atoms with van der Waals surface area (Å²) >= 11 is 0. The standard InChI is InChI=1S/C11H12N2O4/c1-2-12-9-4-3-8(13(16)17)5-7(9)6-10(12)11(14)15/h3-5,10H,2,6H2,1H3,(H,14,15). The molecule has 1 heterocycles. The van der Waals surface area contributed by atoms with Crippen molar-refractivity contribution >= 4 is 17.3 Å². The first-order chi connectivity index (χ1) is 8.04. The Morgan fingerprint density at radius 1 is 1.65 bits per heavy atom. The van der Waals surface area contributed by atoms with Crippen LogP contribution in [0.1, 0.15) is 12.5 Å². The second-order valence-corrected chi connectivity index (χ2v) is 3.91. The summed E-state index contributed by atoms with van der Waals surface area (Å²) in [6, 6.07) is 3.88. The maximum atomic E-state index is 11.1. The number of carboxylic acid groups (broad SMARTS) is 1. The number of hydrogen-bond donors (Lipinski definition) is 1. The molecule has 0 spiro atoms. The fraction of sp³-hybridized carbons (Fsp3) is 0.364. The van der Waals surface area contributed by atoms with E-state index in [1.165, 1.54) is 12.1 Å². The van der Waals surface area contributed by atoms with Crippen molar-refractivity contribution in [2.24, 2.45) is 0 Å². The third kappa shape index (κ3) is 1.82. The van der Waals surface area contributed by atoms with Gasteiger partial charge in [0, 0.05) is 30.8 Å². The number of likely N-dealkylation sites (N-methyl/N-ethyl adjacent to an activating group) is 1. The van der Waals surface area contributed by atoms with Crippen molar-refractivity contribution in [1.82, 2.24) is 0 Å². The molecule has 0 saturated heterocycles. The van der Waals surface area contributed by atoms with E-state index < -0.39 is 16.9 Å². The summed E-state index contributed by atoms with van der Waals surface area (Å²) in [6.45, 7) is 2.44. The SMILES string of the molecule is CCN1c2ccc([N+](=O)[O-])cc2CC1C(=O)O. The summed E-state index contributed by atoms with van der Waals surface area (Å²) < 4.78 is 0. The van der Waals surface area contributed by atoms with E-state index in [1.54, 1.807) is 11.0 Å². The zero-order chi connectivity index (χ0) is 12.6. The van der Waals surface area contributed by atoms with Crippen LogP contribution >= 0.6 is 0 Å². The largest absolute Gasteiger partial charge is 0.480 e. The highest BCUT2D eigenvalue weighted by Crippen LogP contribution is 2.34. The molecule has 1 aromatic carbocycles. The van der Waals surface area contributed by atoms with Gasteiger partial charge in [0.25, 0.3) is 5.69 Å². The van der Waals surface area contributed by atoms with Crippen molar-refractivity contribution in [3.8, 4) is 0 Å². The van der Waals surface area contributed by atoms with E-state index in [1.807, 2.05) is 6.92 Å². The topological polar surface area (TPSA) is 83.7 Å². The molecule has 0 aliphatic carbocycles. The van der Waals surface area contributed by atoms with Gasteiger partial charge in [-0.25, -0.2) is 4.79 Å². The maximum Gasteiger partial charge on any atom is 0.326 e. The van der Waals surface area contributed by atoms with Crippen molar-refractivity contribution in [2.75, 3.05) is 11.4 Å². The Balaban J connectivity index is 2.42. The van der Waals surface area contributed by atoms with Gasteiger partial charge in [-0.15, -0.1) is 0 Å². The Morgan fingerprint density at radius 3 is 2.88 bits per heavy atom. The van der Waals surface area contributed by atoms with Gasteiger partial charge in [0.15, 0.2) is 0 Å². The number of carbonyl (C=O) groups is 1. The van der Waals surface area contributed by atoms with E-state index in [2.05, 4.69) is 0 Å². The third-order valence-electron chi connectivity index (χ3n) is 3.00. The van der Waals surface area contributed by atoms with Crippen LogP contribution in [0.4, 0.5) is 11.4 Å². The Labute approximate surface area is 97.6 Å². The fourth-order valence-electron chi connectivity index (χ4n) is 2.23. The second-order valence-electron chi connectivity index (χ2n) is 3.91. The molecule has 0 fully saturated rings. The summed E-state index contributed by atoms with van der Waals surface area (Å²) in [7, 11) is 0. The first-order valence-electron chi connectivity index (χ1n) is 5.31. The smallest absolute Gasteiger partial charge is 0.326 e. The van der Waals surface area contributed by atoms with Crippen molar-refractivity contribution < 1.29 is 14.8 Å². The van der Waals surface area contributed by atoms with E-state index >= 15 is 0 Å². The molecule has 17 heavy (non-hydrogen) atoms. The molecule has 1 unspecified atom stereocenters. The van der Waals surface area contributed by atoms with E-state index in [4.69, 9.17) is 5.11 Å². The third-order valence-corrected chi connectivity index (χ3v) is 3.00. The molecule has 0 bridgehead atoms. The molecule has 0 saturated carbocycles. The molecule has 2 rings (SSSR count). The normalized spacial score (nSPS) is 17.9. The minimum atomic E-state index is -0.897. The van der Waals surface area contributed by atoms with Gasteiger partial charge in [-0.05, 0) is 18.6 Å². The number of non-ortho nitro benzene ring substituents is 1. The summed E-state index contributed by atoms with van der Waals surface area (Å²) in [6.07, 6.45) is 0.320. The van der Waals surface area contributed by atoms with Crippen LogP contribution in [-0.2, 0) is 11.2 Å². The summed E-state index contributed by atoms with van der Waals surface area (Å²) in [5, 5.41) is 19.7. The number of anilines is 1. The van der Waals surface area contributed by atoms with Crippen molar-refractivity contribution in [2.45, 2.75) is 19.4 Å². The van der Waals surface area contributed by atoms with Crippen molar-refractivity contribution in [3.05, 3.63) is 33.9 Å². The van der Waals surface area contributed by atoms with Crippen LogP contribution in [-0.4, -0.2) is 28.6 Å². The van der Waals surface area contributed by atoms with Crippen molar-refractivity contribution in [1.29, 1.82) is 0 Å². The van der Waals surface area contributed by atoms with E-state index in [-0.39, 0.29) is 5.69 Å². The number of hydrogen-bond acceptors (Lipinski definition) is 4. The van der Waals surface area contributed by atoms with Crippen LogP contribution in [0.25, 0.3) is 0 Å². The Bertz CT molecular complexity index is 486. The summed E-state index contributed by atoms with van der Waals surface area (Å²) in [5.74, 6) is -0.897. The van der Waals surface area contributed by atoms with Gasteiger partial charge in [-0.2, -0.15) is 0 Å². The number of benzene rings is 1. The molecule has 1 aliphatic rings. The van der Waals surface area contributed by atoms with E-state index in [0.717, 1.165) is 11.3 Å². The maximum absolute atomic E-state index is 11.1. The second kappa shape index (κ2) is 4.04. The highest BCUT2D eigenvalue weighted by molar-refractivity contribution is 5.82. The Kier molecular flexibility index (Phi) is 2.71. The quantitative estimate of drug-likeness (QED) is 0.634. The predicted molar refractivity (Wildman–Crippen MR) is 61.2 cm³/mol. The lowest BCUT2D eigenvalue weighted by Crippen LogP contribution is -2.38. The average Bonchev–Trinajstić information content (AvgIpc) is 2.66. The zero-order valence-corrected chi connectivity index (χ0v) is 9.29. The van der Waals surface area contributed by atoms with Crippen LogP contribution in [0.3, 0.4) is 0 Å². The molecule has 0 amide bonds. The molecule has 0 aromatic heterocycles. The monoisotopic (exact) mass is 236 g/mol. The molecule has 90 valence electrons. The zero-order valence-electron chi connectivity index (χ0n) is 9.29. The molecular weight excluding hydrogens is 224 g/mol. The molecule has 1 aliphatic heterocycles. The van der Waals surface area contributed by atoms with E-state index in [0.29, 0.717) is 13.0 Å². The molecule has 1 aromatic rings. The molecule has 0 radical (unpaired) electrons. The van der Waals surface area contributed by atoms with Crippen LogP contribution in [0.15, 0.2) is 18.2 Å². The van der Waals surface area contributed by atoms with Gasteiger partial charge in [0.05, 0.1) is 4.92 Å². The fourth-order valence-corrected chi connectivity index (χ4v) is 2.23. The summed E-state index contributed by atoms with van der Waals surface area (Å²) in [5.41, 5.74) is 1.52. The van der Waals surface area contributed by atoms with E-state index in [9.17, 15) is 14.9 Å². The van der Waals surface area contributed by atoms with Gasteiger partial charge < -0.3 is 10.0 Å². The first kappa shape index (κ1) is 11.4. The number of fused-ring (bicyclic) bond motifs is 1. The van der Waals surface area contributed by atoms with Crippen LogP contribution in [0, 0.1) is 10.1 Å². The molecule has 6 nitrogen and oxygen atoms in total. The van der Waals surface area contributed by atoms with Gasteiger partial charge in [0.2, 0.25) is 0 Å². The van der Waals surface area contributed by atoms with Gasteiger partial charge >= 0.3 is 5.97 Å². The van der Waals surface area contributed by atoms with Crippen LogP contribution in [0.2, 0.25) is 0 Å². The predicted octanol–water partition coefficient (Wildman–Crippen LogP) is 1.43. The lowest BCUT2D eigenvalue weighted by molar-refractivity contribution is -0.384. The first-order valence-corrected chi connectivity index (χ1v) is 5.31. The molecule has 1 atom stereocenters. The number of rotatable bonds is 3. The minimum absolute atomic E-state index is 0.00541. The number of nitro benzene ring substituents is 1. The van der Waals surface area contributed by atoms with Gasteiger partial charge in [0.1, 0.15) is 6.04 Å². The minimum Gasteiger partial charge on any atom is -0.480 e. The number of nitro groups is 1. The van der Waals surface area contributed by atoms with Gasteiger partial charge in [-0.3, -0.25) is 10.1 Å². The number of nitrogens with zero attached hydrogens (tertiary/aromatic N) is 2. The molecule has 1 N–H and O–H groups in total. The van der Waals surface area contributed by atoms with Crippen LogP contribution in [0.5, 0.6) is 0 Å². The molecule has 6 heteroatoms. The Hall–Kier alpha value is -2.11. The van der Waals surface area contributed by atoms with Gasteiger partial charge in [-0.1, -0.05) is 0 Å². The van der Waals surface area contributed by atoms with Crippen LogP contribution < -0.4 is 4.90 Å². The lowest BCUT2D eigenvalue weighted by atomic mass is 10.1. The lowest BCUT2D eigenvalue weighted by Gasteiger charge is -2.22. The number of aliphatic carboxylic acids is 1. The van der Waals surface area contributed by atoms with Crippen molar-refractivity contribution in [3.63, 3.8) is 0 Å². The highest BCUT2D eigenvalue weighted by Gasteiger charge is 2.34. The highest BCUT2D eigenvalue weighted by atomic mass is 16.6. The molecular formula is C11H12N2O4.